The molecule has 9 heteroatoms. The van der Waals surface area contributed by atoms with Gasteiger partial charge in [-0.1, -0.05) is 18.2 Å². The Morgan fingerprint density at radius 3 is 2.69 bits per heavy atom. The van der Waals surface area contributed by atoms with Gasteiger partial charge < -0.3 is 24.8 Å². The standard InChI is InChI=1S/C26H29N3O5S/c1-18-29-21(17-35-18)15-33-22-10-8-19(9-11-22)26(31)28-13-20-5-2-3-7-24(20)34-16-25(30)27-14-23-6-4-12-32-23/h2-3,5,7-11,17,23H,4,6,12-16H2,1H3,(H,27,30)(H,28,31). The Kier molecular flexibility index (Phi) is 8.69. The third kappa shape index (κ3) is 7.53. The highest BCUT2D eigenvalue weighted by atomic mass is 32.1. The molecule has 0 radical (unpaired) electrons. The van der Waals surface area contributed by atoms with Gasteiger partial charge in [-0.2, -0.15) is 0 Å². The summed E-state index contributed by atoms with van der Waals surface area (Å²) in [6.45, 7) is 3.76. The first-order valence-corrected chi connectivity index (χ1v) is 12.5. The van der Waals surface area contributed by atoms with Crippen molar-refractivity contribution in [2.45, 2.75) is 39.0 Å². The summed E-state index contributed by atoms with van der Waals surface area (Å²) in [6.07, 6.45) is 2.08. The van der Waals surface area contributed by atoms with Crippen molar-refractivity contribution in [2.75, 3.05) is 19.8 Å². The minimum atomic E-state index is -0.212. The second-order valence-corrected chi connectivity index (χ2v) is 9.25. The van der Waals surface area contributed by atoms with E-state index in [4.69, 9.17) is 14.2 Å². The van der Waals surface area contributed by atoms with Gasteiger partial charge in [-0.3, -0.25) is 9.59 Å². The van der Waals surface area contributed by atoms with Crippen LogP contribution in [0.1, 0.15) is 39.5 Å². The average Bonchev–Trinajstić information content (AvgIpc) is 3.56. The number of hydrogen-bond donors (Lipinski definition) is 2. The number of benzene rings is 2. The van der Waals surface area contributed by atoms with Gasteiger partial charge in [0.05, 0.1) is 16.8 Å². The number of amides is 2. The minimum Gasteiger partial charge on any atom is -0.487 e. The van der Waals surface area contributed by atoms with E-state index in [-0.39, 0.29) is 31.1 Å². The molecular weight excluding hydrogens is 466 g/mol. The molecule has 0 aliphatic carbocycles. The fraction of sp³-hybridized carbons (Fsp3) is 0.346. The number of aryl methyl sites for hydroxylation is 1. The van der Waals surface area contributed by atoms with Crippen LogP contribution in [0.4, 0.5) is 0 Å². The highest BCUT2D eigenvalue weighted by Gasteiger charge is 2.16. The van der Waals surface area contributed by atoms with Crippen LogP contribution in [-0.2, 0) is 22.7 Å². The molecule has 2 N–H and O–H groups in total. The van der Waals surface area contributed by atoms with Crippen molar-refractivity contribution in [3.63, 3.8) is 0 Å². The monoisotopic (exact) mass is 495 g/mol. The number of para-hydroxylation sites is 1. The fourth-order valence-electron chi connectivity index (χ4n) is 3.63. The van der Waals surface area contributed by atoms with E-state index in [9.17, 15) is 9.59 Å². The lowest BCUT2D eigenvalue weighted by Crippen LogP contribution is -2.35. The van der Waals surface area contributed by atoms with Crippen molar-refractivity contribution in [2.24, 2.45) is 0 Å². The molecule has 1 aliphatic rings. The number of carbonyl (C=O) groups is 2. The van der Waals surface area contributed by atoms with Crippen LogP contribution >= 0.6 is 11.3 Å². The largest absolute Gasteiger partial charge is 0.487 e. The summed E-state index contributed by atoms with van der Waals surface area (Å²) < 4.78 is 17.0. The van der Waals surface area contributed by atoms with Crippen LogP contribution in [0.15, 0.2) is 53.9 Å². The molecule has 1 atom stereocenters. The van der Waals surface area contributed by atoms with E-state index in [0.29, 0.717) is 30.2 Å². The Morgan fingerprint density at radius 1 is 1.11 bits per heavy atom. The Bertz CT molecular complexity index is 1130. The SMILES string of the molecule is Cc1nc(COc2ccc(C(=O)NCc3ccccc3OCC(=O)NCC3CCCO3)cc2)cs1. The van der Waals surface area contributed by atoms with Gasteiger partial charge in [0, 0.05) is 36.2 Å². The molecule has 1 saturated heterocycles. The molecule has 2 aromatic carbocycles. The zero-order valence-electron chi connectivity index (χ0n) is 19.6. The van der Waals surface area contributed by atoms with Crippen molar-refractivity contribution in [3.8, 4) is 11.5 Å². The topological polar surface area (TPSA) is 98.8 Å². The van der Waals surface area contributed by atoms with E-state index in [1.54, 1.807) is 41.7 Å². The molecule has 0 spiro atoms. The van der Waals surface area contributed by atoms with E-state index in [1.807, 2.05) is 30.5 Å². The maximum atomic E-state index is 12.6. The number of carbonyl (C=O) groups excluding carboxylic acids is 2. The Hall–Kier alpha value is -3.43. The molecule has 1 aromatic heterocycles. The molecule has 1 fully saturated rings. The van der Waals surface area contributed by atoms with Crippen LogP contribution in [0.2, 0.25) is 0 Å². The molecule has 1 aliphatic heterocycles. The molecule has 2 amide bonds. The molecular formula is C26H29N3O5S. The van der Waals surface area contributed by atoms with Crippen LogP contribution in [0.3, 0.4) is 0 Å². The van der Waals surface area contributed by atoms with Crippen molar-refractivity contribution >= 4 is 23.2 Å². The van der Waals surface area contributed by atoms with Crippen LogP contribution in [0, 0.1) is 6.92 Å². The van der Waals surface area contributed by atoms with Crippen LogP contribution in [0.5, 0.6) is 11.5 Å². The summed E-state index contributed by atoms with van der Waals surface area (Å²) in [4.78, 5) is 29.1. The lowest BCUT2D eigenvalue weighted by molar-refractivity contribution is -0.123. The van der Waals surface area contributed by atoms with Gasteiger partial charge in [-0.25, -0.2) is 4.98 Å². The molecule has 2 heterocycles. The number of rotatable bonds is 11. The van der Waals surface area contributed by atoms with E-state index < -0.39 is 0 Å². The maximum absolute atomic E-state index is 12.6. The van der Waals surface area contributed by atoms with Gasteiger partial charge in [0.25, 0.3) is 11.8 Å². The highest BCUT2D eigenvalue weighted by molar-refractivity contribution is 7.09. The molecule has 184 valence electrons. The molecule has 0 saturated carbocycles. The fourth-order valence-corrected chi connectivity index (χ4v) is 4.23. The number of nitrogens with zero attached hydrogens (tertiary/aromatic N) is 1. The van der Waals surface area contributed by atoms with E-state index in [2.05, 4.69) is 15.6 Å². The van der Waals surface area contributed by atoms with Crippen LogP contribution in [0.25, 0.3) is 0 Å². The first-order chi connectivity index (χ1) is 17.1. The summed E-state index contributed by atoms with van der Waals surface area (Å²) >= 11 is 1.58. The second kappa shape index (κ2) is 12.3. The predicted octanol–water partition coefficient (Wildman–Crippen LogP) is 3.63. The van der Waals surface area contributed by atoms with E-state index >= 15 is 0 Å². The van der Waals surface area contributed by atoms with Crippen LogP contribution in [-0.4, -0.2) is 42.7 Å². The van der Waals surface area contributed by atoms with Crippen molar-refractivity contribution in [1.82, 2.24) is 15.6 Å². The quantitative estimate of drug-likeness (QED) is 0.422. The third-order valence-corrected chi connectivity index (χ3v) is 6.31. The van der Waals surface area contributed by atoms with Gasteiger partial charge >= 0.3 is 0 Å². The normalized spacial score (nSPS) is 14.9. The second-order valence-electron chi connectivity index (χ2n) is 8.19. The van der Waals surface area contributed by atoms with Gasteiger partial charge in [0.1, 0.15) is 18.1 Å². The number of thiazole rings is 1. The summed E-state index contributed by atoms with van der Waals surface area (Å²) in [5, 5.41) is 8.71. The highest BCUT2D eigenvalue weighted by Crippen LogP contribution is 2.19. The smallest absolute Gasteiger partial charge is 0.258 e. The van der Waals surface area contributed by atoms with Gasteiger partial charge in [0.15, 0.2) is 6.61 Å². The zero-order valence-corrected chi connectivity index (χ0v) is 20.4. The molecule has 8 nitrogen and oxygen atoms in total. The number of ether oxygens (including phenoxy) is 3. The summed E-state index contributed by atoms with van der Waals surface area (Å²) in [6, 6.07) is 14.3. The predicted molar refractivity (Wildman–Crippen MR) is 133 cm³/mol. The molecule has 35 heavy (non-hydrogen) atoms. The third-order valence-electron chi connectivity index (χ3n) is 5.49. The molecule has 4 rings (SSSR count). The van der Waals surface area contributed by atoms with E-state index in [1.165, 1.54) is 0 Å². The van der Waals surface area contributed by atoms with Gasteiger partial charge in [-0.15, -0.1) is 11.3 Å². The number of aromatic nitrogens is 1. The number of hydrogen-bond acceptors (Lipinski definition) is 7. The Morgan fingerprint density at radius 2 is 1.94 bits per heavy atom. The maximum Gasteiger partial charge on any atom is 0.258 e. The molecule has 0 bridgehead atoms. The molecule has 1 unspecified atom stereocenters. The number of nitrogens with one attached hydrogen (secondary N) is 2. The Balaban J connectivity index is 1.23. The summed E-state index contributed by atoms with van der Waals surface area (Å²) in [5.74, 6) is 0.812. The van der Waals surface area contributed by atoms with Gasteiger partial charge in [-0.05, 0) is 50.1 Å². The lowest BCUT2D eigenvalue weighted by atomic mass is 10.1. The van der Waals surface area contributed by atoms with Crippen molar-refractivity contribution < 1.29 is 23.8 Å². The zero-order chi connectivity index (χ0) is 24.5. The van der Waals surface area contributed by atoms with Gasteiger partial charge in [0.2, 0.25) is 0 Å². The first kappa shape index (κ1) is 24.7. The first-order valence-electron chi connectivity index (χ1n) is 11.6. The molecule has 3 aromatic rings. The minimum absolute atomic E-state index is 0.0873. The lowest BCUT2D eigenvalue weighted by Gasteiger charge is -2.14. The van der Waals surface area contributed by atoms with Crippen molar-refractivity contribution in [1.29, 1.82) is 0 Å². The summed E-state index contributed by atoms with van der Waals surface area (Å²) in [5.41, 5.74) is 2.19. The Labute approximate surface area is 208 Å². The van der Waals surface area contributed by atoms with E-state index in [0.717, 1.165) is 35.7 Å². The van der Waals surface area contributed by atoms with Crippen molar-refractivity contribution in [3.05, 3.63) is 75.7 Å². The average molecular weight is 496 g/mol. The summed E-state index contributed by atoms with van der Waals surface area (Å²) in [7, 11) is 0. The van der Waals surface area contributed by atoms with Crippen LogP contribution < -0.4 is 20.1 Å².